The summed E-state index contributed by atoms with van der Waals surface area (Å²) in [7, 11) is 0. The minimum absolute atomic E-state index is 1.07. The van der Waals surface area contributed by atoms with Gasteiger partial charge in [0.1, 0.15) is 0 Å². The molecule has 0 spiro atoms. The van der Waals surface area contributed by atoms with Crippen molar-refractivity contribution in [3.05, 3.63) is 12.2 Å². The first-order chi connectivity index (χ1) is 4.00. The van der Waals surface area contributed by atoms with Crippen LogP contribution >= 0.6 is 0 Å². The lowest BCUT2D eigenvalue weighted by Crippen LogP contribution is -2.15. The van der Waals surface area contributed by atoms with E-state index in [4.69, 9.17) is 0 Å². The lowest BCUT2D eigenvalue weighted by Gasteiger charge is -2.02. The van der Waals surface area contributed by atoms with Crippen LogP contribution in [0.1, 0.15) is 19.3 Å². The highest BCUT2D eigenvalue weighted by atomic mass is 14.8. The van der Waals surface area contributed by atoms with Gasteiger partial charge in [0.2, 0.25) is 0 Å². The fourth-order valence-electron chi connectivity index (χ4n) is 0.899. The van der Waals surface area contributed by atoms with Crippen molar-refractivity contribution in [2.45, 2.75) is 19.3 Å². The number of hydrogen-bond donors (Lipinski definition) is 1. The van der Waals surface area contributed by atoms with E-state index in [0.29, 0.717) is 0 Å². The summed E-state index contributed by atoms with van der Waals surface area (Å²) in [6.07, 6.45) is 8.43. The van der Waals surface area contributed by atoms with Gasteiger partial charge in [-0.15, -0.1) is 0 Å². The zero-order chi connectivity index (χ0) is 5.66. The van der Waals surface area contributed by atoms with Crippen molar-refractivity contribution < 1.29 is 0 Å². The molecule has 1 heterocycles. The summed E-state index contributed by atoms with van der Waals surface area (Å²) in [6, 6.07) is 0. The van der Waals surface area contributed by atoms with E-state index in [1.807, 2.05) is 0 Å². The molecule has 46 valence electrons. The van der Waals surface area contributed by atoms with Crippen molar-refractivity contribution in [3.63, 3.8) is 0 Å². The van der Waals surface area contributed by atoms with E-state index in [2.05, 4.69) is 17.5 Å². The lowest BCUT2D eigenvalue weighted by molar-refractivity contribution is 0.646. The topological polar surface area (TPSA) is 12.0 Å². The number of allylic oxidation sites excluding steroid dienone is 1. The van der Waals surface area contributed by atoms with Crippen molar-refractivity contribution in [1.29, 1.82) is 0 Å². The molecule has 8 heavy (non-hydrogen) atoms. The van der Waals surface area contributed by atoms with Gasteiger partial charge in [-0.05, 0) is 25.8 Å². The van der Waals surface area contributed by atoms with Gasteiger partial charge in [-0.3, -0.25) is 0 Å². The largest absolute Gasteiger partial charge is 0.313 e. The van der Waals surface area contributed by atoms with Crippen LogP contribution in [0.3, 0.4) is 0 Å². The van der Waals surface area contributed by atoms with Gasteiger partial charge in [0.15, 0.2) is 0 Å². The zero-order valence-corrected chi connectivity index (χ0v) is 5.19. The zero-order valence-electron chi connectivity index (χ0n) is 5.19. The van der Waals surface area contributed by atoms with Crippen LogP contribution in [0.4, 0.5) is 0 Å². The second-order valence-corrected chi connectivity index (χ2v) is 2.17. The molecule has 0 radical (unpaired) electrons. The predicted octanol–water partition coefficient (Wildman–Crippen LogP) is 1.32. The first kappa shape index (κ1) is 5.83. The van der Waals surface area contributed by atoms with E-state index in [1.165, 1.54) is 25.8 Å². The van der Waals surface area contributed by atoms with Gasteiger partial charge in [0, 0.05) is 6.54 Å². The second kappa shape index (κ2) is 3.67. The number of nitrogens with one attached hydrogen (secondary N) is 1. The van der Waals surface area contributed by atoms with E-state index in [-0.39, 0.29) is 0 Å². The summed E-state index contributed by atoms with van der Waals surface area (Å²) in [4.78, 5) is 0. The third-order valence-corrected chi connectivity index (χ3v) is 1.40. The van der Waals surface area contributed by atoms with E-state index in [1.54, 1.807) is 0 Å². The Hall–Kier alpha value is -0.300. The van der Waals surface area contributed by atoms with E-state index in [0.717, 1.165) is 6.54 Å². The number of rotatable bonds is 0. The summed E-state index contributed by atoms with van der Waals surface area (Å²) in [5.41, 5.74) is 0. The Bertz CT molecular complexity index is 66.5. The second-order valence-electron chi connectivity index (χ2n) is 2.17. The van der Waals surface area contributed by atoms with E-state index in [9.17, 15) is 0 Å². The minimum atomic E-state index is 1.07. The van der Waals surface area contributed by atoms with Crippen LogP contribution in [0.2, 0.25) is 0 Å². The Balaban J connectivity index is 2.17. The van der Waals surface area contributed by atoms with Crippen LogP contribution in [0.25, 0.3) is 0 Å². The highest BCUT2D eigenvalue weighted by Crippen LogP contribution is 1.96. The summed E-state index contributed by atoms with van der Waals surface area (Å²) in [5.74, 6) is 0. The minimum Gasteiger partial charge on any atom is -0.313 e. The molecule has 0 aromatic heterocycles. The Morgan fingerprint density at radius 2 is 2.12 bits per heavy atom. The molecule has 0 amide bonds. The van der Waals surface area contributed by atoms with Gasteiger partial charge in [-0.1, -0.05) is 12.2 Å². The maximum absolute atomic E-state index is 3.30. The lowest BCUT2D eigenvalue weighted by atomic mass is 10.2. The molecular weight excluding hydrogens is 98.1 g/mol. The smallest absolute Gasteiger partial charge is 0.0134 e. The van der Waals surface area contributed by atoms with Crippen LogP contribution in [0.15, 0.2) is 12.2 Å². The average molecular weight is 111 g/mol. The molecule has 1 N–H and O–H groups in total. The molecule has 0 aliphatic carbocycles. The molecule has 0 saturated heterocycles. The molecule has 1 nitrogen and oxygen atoms in total. The van der Waals surface area contributed by atoms with Crippen LogP contribution in [0.5, 0.6) is 0 Å². The SMILES string of the molecule is C1=CCNCCCC1. The fourth-order valence-corrected chi connectivity index (χ4v) is 0.899. The van der Waals surface area contributed by atoms with Crippen molar-refractivity contribution >= 4 is 0 Å². The van der Waals surface area contributed by atoms with Crippen LogP contribution in [-0.2, 0) is 0 Å². The Morgan fingerprint density at radius 1 is 1.12 bits per heavy atom. The third-order valence-electron chi connectivity index (χ3n) is 1.40. The van der Waals surface area contributed by atoms with Gasteiger partial charge in [-0.2, -0.15) is 0 Å². The summed E-state index contributed by atoms with van der Waals surface area (Å²) >= 11 is 0. The maximum atomic E-state index is 3.30. The van der Waals surface area contributed by atoms with Gasteiger partial charge >= 0.3 is 0 Å². The van der Waals surface area contributed by atoms with Gasteiger partial charge in [0.05, 0.1) is 0 Å². The van der Waals surface area contributed by atoms with E-state index < -0.39 is 0 Å². The number of hydrogen-bond acceptors (Lipinski definition) is 1. The Labute approximate surface area is 50.8 Å². The Morgan fingerprint density at radius 3 is 3.12 bits per heavy atom. The van der Waals surface area contributed by atoms with Gasteiger partial charge in [-0.25, -0.2) is 0 Å². The van der Waals surface area contributed by atoms with Crippen LogP contribution < -0.4 is 5.32 Å². The predicted molar refractivity (Wildman–Crippen MR) is 35.9 cm³/mol. The Kier molecular flexibility index (Phi) is 2.68. The summed E-state index contributed by atoms with van der Waals surface area (Å²) in [6.45, 7) is 2.27. The monoisotopic (exact) mass is 111 g/mol. The summed E-state index contributed by atoms with van der Waals surface area (Å²) in [5, 5.41) is 3.30. The van der Waals surface area contributed by atoms with Crippen molar-refractivity contribution in [1.82, 2.24) is 5.32 Å². The maximum Gasteiger partial charge on any atom is 0.0134 e. The van der Waals surface area contributed by atoms with Crippen LogP contribution in [0, 0.1) is 0 Å². The first-order valence-corrected chi connectivity index (χ1v) is 3.36. The van der Waals surface area contributed by atoms with Gasteiger partial charge < -0.3 is 5.32 Å². The van der Waals surface area contributed by atoms with E-state index >= 15 is 0 Å². The molecule has 0 saturated carbocycles. The molecule has 1 aliphatic heterocycles. The molecular formula is C7H13N. The molecule has 0 fully saturated rings. The average Bonchev–Trinajstić information content (AvgIpc) is 1.62. The highest BCUT2D eigenvalue weighted by molar-refractivity contribution is 4.85. The fraction of sp³-hybridized carbons (Fsp3) is 0.714. The molecule has 1 rings (SSSR count). The molecule has 0 aromatic rings. The van der Waals surface area contributed by atoms with Crippen molar-refractivity contribution in [2.24, 2.45) is 0 Å². The quantitative estimate of drug-likeness (QED) is 0.465. The van der Waals surface area contributed by atoms with Crippen LogP contribution in [-0.4, -0.2) is 13.1 Å². The van der Waals surface area contributed by atoms with Crippen molar-refractivity contribution in [3.8, 4) is 0 Å². The first-order valence-electron chi connectivity index (χ1n) is 3.36. The van der Waals surface area contributed by atoms with Gasteiger partial charge in [0.25, 0.3) is 0 Å². The molecule has 1 heteroatoms. The van der Waals surface area contributed by atoms with Crippen molar-refractivity contribution in [2.75, 3.05) is 13.1 Å². The summed E-state index contributed by atoms with van der Waals surface area (Å²) < 4.78 is 0. The standard InChI is InChI=1S/C7H13N/c1-2-4-6-8-7-5-3-1/h2,4,8H,1,3,5-7H2. The molecule has 0 bridgehead atoms. The molecule has 0 aromatic carbocycles. The molecule has 1 aliphatic rings. The highest BCUT2D eigenvalue weighted by Gasteiger charge is 1.88. The molecule has 0 atom stereocenters. The normalized spacial score (nSPS) is 22.0. The third kappa shape index (κ3) is 2.12. The molecule has 0 unspecified atom stereocenters.